The topological polar surface area (TPSA) is 47.6 Å². The zero-order valence-electron chi connectivity index (χ0n) is 14.0. The Kier molecular flexibility index (Phi) is 5.33. The van der Waals surface area contributed by atoms with E-state index in [-0.39, 0.29) is 18.2 Å². The second-order valence-electron chi connectivity index (χ2n) is 7.07. The quantitative estimate of drug-likeness (QED) is 0.910. The summed E-state index contributed by atoms with van der Waals surface area (Å²) in [6.45, 7) is 7.67. The summed E-state index contributed by atoms with van der Waals surface area (Å²) < 4.78 is 11.4. The zero-order chi connectivity index (χ0) is 16.2. The van der Waals surface area contributed by atoms with Crippen LogP contribution in [0.15, 0.2) is 24.3 Å². The van der Waals surface area contributed by atoms with E-state index in [0.717, 1.165) is 31.4 Å². The third-order valence-electron chi connectivity index (χ3n) is 3.64. The van der Waals surface area contributed by atoms with E-state index in [2.05, 4.69) is 18.3 Å². The van der Waals surface area contributed by atoms with Crippen molar-refractivity contribution in [3.8, 4) is 5.75 Å². The molecule has 1 fully saturated rings. The van der Waals surface area contributed by atoms with Crippen LogP contribution in [0.3, 0.4) is 0 Å². The minimum atomic E-state index is -0.462. The number of benzene rings is 1. The van der Waals surface area contributed by atoms with Crippen molar-refractivity contribution in [2.45, 2.75) is 71.1 Å². The molecule has 0 saturated heterocycles. The normalized spacial score (nSPS) is 22.0. The minimum absolute atomic E-state index is 0.124. The molecule has 2 rings (SSSR count). The lowest BCUT2D eigenvalue weighted by Crippen LogP contribution is -2.43. The summed E-state index contributed by atoms with van der Waals surface area (Å²) in [6, 6.07) is 8.21. The SMILES string of the molecule is Cc1cccc(OC2CCCC(NC(=O)OC(C)(C)C)C2)c1. The van der Waals surface area contributed by atoms with Crippen molar-refractivity contribution in [2.75, 3.05) is 0 Å². The van der Waals surface area contributed by atoms with Crippen molar-refractivity contribution in [2.24, 2.45) is 0 Å². The average molecular weight is 305 g/mol. The van der Waals surface area contributed by atoms with Crippen LogP contribution in [0.4, 0.5) is 4.79 Å². The fraction of sp³-hybridized carbons (Fsp3) is 0.611. The Balaban J connectivity index is 1.85. The highest BCUT2D eigenvalue weighted by molar-refractivity contribution is 5.68. The number of hydrogen-bond acceptors (Lipinski definition) is 3. The average Bonchev–Trinajstić information content (AvgIpc) is 2.36. The van der Waals surface area contributed by atoms with Gasteiger partial charge in [0.1, 0.15) is 17.5 Å². The molecule has 1 aliphatic carbocycles. The maximum atomic E-state index is 11.9. The summed E-state index contributed by atoms with van der Waals surface area (Å²) in [5.41, 5.74) is 0.729. The number of aryl methyl sites for hydroxylation is 1. The van der Waals surface area contributed by atoms with Crippen LogP contribution in [0.1, 0.15) is 52.0 Å². The van der Waals surface area contributed by atoms with E-state index in [4.69, 9.17) is 9.47 Å². The molecule has 0 spiro atoms. The molecule has 0 radical (unpaired) electrons. The molecule has 0 bridgehead atoms. The van der Waals surface area contributed by atoms with Crippen LogP contribution < -0.4 is 10.1 Å². The first-order valence-electron chi connectivity index (χ1n) is 8.05. The van der Waals surface area contributed by atoms with Crippen LogP contribution >= 0.6 is 0 Å². The third kappa shape index (κ3) is 5.58. The fourth-order valence-corrected chi connectivity index (χ4v) is 2.74. The second kappa shape index (κ2) is 7.03. The van der Waals surface area contributed by atoms with Gasteiger partial charge in [0.05, 0.1) is 0 Å². The first-order valence-corrected chi connectivity index (χ1v) is 8.05. The van der Waals surface area contributed by atoms with E-state index in [1.54, 1.807) is 0 Å². The van der Waals surface area contributed by atoms with E-state index in [1.165, 1.54) is 5.56 Å². The van der Waals surface area contributed by atoms with Crippen molar-refractivity contribution < 1.29 is 14.3 Å². The summed E-state index contributed by atoms with van der Waals surface area (Å²) in [6.07, 6.45) is 3.70. The second-order valence-corrected chi connectivity index (χ2v) is 7.07. The molecule has 4 heteroatoms. The first-order chi connectivity index (χ1) is 10.3. The molecule has 1 amide bonds. The molecule has 1 saturated carbocycles. The lowest BCUT2D eigenvalue weighted by atomic mass is 9.93. The number of nitrogens with one attached hydrogen (secondary N) is 1. The van der Waals surface area contributed by atoms with Crippen LogP contribution in [0.25, 0.3) is 0 Å². The number of rotatable bonds is 3. The number of amides is 1. The molecule has 1 N–H and O–H groups in total. The maximum Gasteiger partial charge on any atom is 0.407 e. The van der Waals surface area contributed by atoms with E-state index in [0.29, 0.717) is 0 Å². The Labute approximate surface area is 133 Å². The van der Waals surface area contributed by atoms with Gasteiger partial charge < -0.3 is 14.8 Å². The van der Waals surface area contributed by atoms with Gasteiger partial charge in [0.15, 0.2) is 0 Å². The van der Waals surface area contributed by atoms with Crippen LogP contribution in [0.2, 0.25) is 0 Å². The first kappa shape index (κ1) is 16.7. The number of alkyl carbamates (subject to hydrolysis) is 1. The van der Waals surface area contributed by atoms with Crippen molar-refractivity contribution >= 4 is 6.09 Å². The lowest BCUT2D eigenvalue weighted by molar-refractivity contribution is 0.0463. The third-order valence-corrected chi connectivity index (χ3v) is 3.64. The van der Waals surface area contributed by atoms with Gasteiger partial charge in [-0.25, -0.2) is 4.79 Å². The fourth-order valence-electron chi connectivity index (χ4n) is 2.74. The van der Waals surface area contributed by atoms with Gasteiger partial charge in [0, 0.05) is 12.5 Å². The standard InChI is InChI=1S/C18H27NO3/c1-13-7-5-9-15(11-13)21-16-10-6-8-14(12-16)19-17(20)22-18(2,3)4/h5,7,9,11,14,16H,6,8,10,12H2,1-4H3,(H,19,20). The number of carbonyl (C=O) groups is 1. The van der Waals surface area contributed by atoms with Gasteiger partial charge in [0.2, 0.25) is 0 Å². The molecular weight excluding hydrogens is 278 g/mol. The van der Waals surface area contributed by atoms with Crippen LogP contribution in [0, 0.1) is 6.92 Å². The van der Waals surface area contributed by atoms with E-state index in [9.17, 15) is 4.79 Å². The molecule has 1 aromatic carbocycles. The van der Waals surface area contributed by atoms with Crippen molar-refractivity contribution in [1.29, 1.82) is 0 Å². The van der Waals surface area contributed by atoms with Gasteiger partial charge in [-0.3, -0.25) is 0 Å². The summed E-state index contributed by atoms with van der Waals surface area (Å²) in [7, 11) is 0. The molecule has 4 nitrogen and oxygen atoms in total. The molecule has 0 aromatic heterocycles. The summed E-state index contributed by atoms with van der Waals surface area (Å²) >= 11 is 0. The Morgan fingerprint density at radius 1 is 1.27 bits per heavy atom. The van der Waals surface area contributed by atoms with Crippen molar-refractivity contribution in [1.82, 2.24) is 5.32 Å². The highest BCUT2D eigenvalue weighted by Crippen LogP contribution is 2.24. The molecule has 122 valence electrons. The smallest absolute Gasteiger partial charge is 0.407 e. The molecule has 22 heavy (non-hydrogen) atoms. The summed E-state index contributed by atoms with van der Waals surface area (Å²) in [4.78, 5) is 11.9. The van der Waals surface area contributed by atoms with Crippen molar-refractivity contribution in [3.63, 3.8) is 0 Å². The maximum absolute atomic E-state index is 11.9. The number of ether oxygens (including phenoxy) is 2. The Morgan fingerprint density at radius 2 is 2.05 bits per heavy atom. The lowest BCUT2D eigenvalue weighted by Gasteiger charge is -2.31. The van der Waals surface area contributed by atoms with E-state index >= 15 is 0 Å². The molecule has 1 aromatic rings. The molecule has 2 unspecified atom stereocenters. The number of hydrogen-bond donors (Lipinski definition) is 1. The molecule has 2 atom stereocenters. The zero-order valence-corrected chi connectivity index (χ0v) is 14.0. The van der Waals surface area contributed by atoms with Gasteiger partial charge in [-0.1, -0.05) is 12.1 Å². The summed E-state index contributed by atoms with van der Waals surface area (Å²) in [5, 5.41) is 2.96. The van der Waals surface area contributed by atoms with Gasteiger partial charge in [-0.2, -0.15) is 0 Å². The van der Waals surface area contributed by atoms with Gasteiger partial charge in [0.25, 0.3) is 0 Å². The molecule has 0 heterocycles. The predicted octanol–water partition coefficient (Wildman–Crippen LogP) is 4.21. The van der Waals surface area contributed by atoms with Gasteiger partial charge >= 0.3 is 6.09 Å². The van der Waals surface area contributed by atoms with Crippen molar-refractivity contribution in [3.05, 3.63) is 29.8 Å². The molecule has 0 aliphatic heterocycles. The molecular formula is C18H27NO3. The van der Waals surface area contributed by atoms with Gasteiger partial charge in [-0.15, -0.1) is 0 Å². The van der Waals surface area contributed by atoms with Crippen LogP contribution in [-0.4, -0.2) is 23.8 Å². The van der Waals surface area contributed by atoms with E-state index < -0.39 is 5.60 Å². The highest BCUT2D eigenvalue weighted by atomic mass is 16.6. The Morgan fingerprint density at radius 3 is 2.73 bits per heavy atom. The Hall–Kier alpha value is -1.71. The summed E-state index contributed by atoms with van der Waals surface area (Å²) in [5.74, 6) is 0.905. The Bertz CT molecular complexity index is 507. The van der Waals surface area contributed by atoms with Crippen LogP contribution in [-0.2, 0) is 4.74 Å². The monoisotopic (exact) mass is 305 g/mol. The van der Waals surface area contributed by atoms with Gasteiger partial charge in [-0.05, 0) is 64.7 Å². The van der Waals surface area contributed by atoms with Crippen LogP contribution in [0.5, 0.6) is 5.75 Å². The largest absolute Gasteiger partial charge is 0.490 e. The number of carbonyl (C=O) groups excluding carboxylic acids is 1. The predicted molar refractivity (Wildman–Crippen MR) is 87.2 cm³/mol. The van der Waals surface area contributed by atoms with E-state index in [1.807, 2.05) is 39.0 Å². The highest BCUT2D eigenvalue weighted by Gasteiger charge is 2.26. The minimum Gasteiger partial charge on any atom is -0.490 e. The molecule has 1 aliphatic rings.